The van der Waals surface area contributed by atoms with Gasteiger partial charge < -0.3 is 10.2 Å². The molecule has 0 aromatic carbocycles. The first-order chi connectivity index (χ1) is 11.0. The lowest BCUT2D eigenvalue weighted by atomic mass is 10.00. The van der Waals surface area contributed by atoms with Crippen LogP contribution in [0.1, 0.15) is 50.1 Å². The highest BCUT2D eigenvalue weighted by Crippen LogP contribution is 2.16. The first kappa shape index (κ1) is 18.0. The Morgan fingerprint density at radius 1 is 1.35 bits per heavy atom. The highest BCUT2D eigenvalue weighted by Gasteiger charge is 2.20. The Bertz CT molecular complexity index is 523. The summed E-state index contributed by atoms with van der Waals surface area (Å²) in [7, 11) is 0. The van der Waals surface area contributed by atoms with Crippen LogP contribution < -0.4 is 5.32 Å². The minimum Gasteiger partial charge on any atom is -0.342 e. The van der Waals surface area contributed by atoms with Crippen molar-refractivity contribution in [1.29, 1.82) is 0 Å². The van der Waals surface area contributed by atoms with Crippen LogP contribution in [-0.4, -0.2) is 46.8 Å². The van der Waals surface area contributed by atoms with Crippen LogP contribution in [0.4, 0.5) is 0 Å². The van der Waals surface area contributed by atoms with Crippen LogP contribution in [-0.2, 0) is 17.8 Å². The first-order valence-electron chi connectivity index (χ1n) is 9.04. The molecular formula is C18H32N4O. The molecule has 1 unspecified atom stereocenters. The Hall–Kier alpha value is -1.36. The average Bonchev–Trinajstić information content (AvgIpc) is 2.80. The summed E-state index contributed by atoms with van der Waals surface area (Å²) < 4.78 is 2.08. The molecule has 23 heavy (non-hydrogen) atoms. The van der Waals surface area contributed by atoms with Gasteiger partial charge in [-0.3, -0.25) is 9.48 Å². The number of amides is 1. The predicted molar refractivity (Wildman–Crippen MR) is 93.5 cm³/mol. The van der Waals surface area contributed by atoms with Crippen molar-refractivity contribution >= 4 is 5.91 Å². The topological polar surface area (TPSA) is 50.2 Å². The molecule has 1 aromatic rings. The molecule has 0 spiro atoms. The molecule has 1 saturated heterocycles. The first-order valence-corrected chi connectivity index (χ1v) is 9.04. The van der Waals surface area contributed by atoms with Crippen molar-refractivity contribution in [3.8, 4) is 0 Å². The molecule has 1 aromatic heterocycles. The van der Waals surface area contributed by atoms with E-state index in [1.807, 2.05) is 4.90 Å². The number of rotatable bonds is 7. The molecule has 5 nitrogen and oxygen atoms in total. The van der Waals surface area contributed by atoms with Crippen molar-refractivity contribution in [3.63, 3.8) is 0 Å². The molecule has 1 fully saturated rings. The normalized spacial score (nSPS) is 18.4. The van der Waals surface area contributed by atoms with E-state index in [4.69, 9.17) is 0 Å². The molecule has 2 rings (SSSR count). The number of carbonyl (C=O) groups is 1. The smallest absolute Gasteiger partial charge is 0.223 e. The molecule has 1 aliphatic heterocycles. The van der Waals surface area contributed by atoms with E-state index in [1.165, 1.54) is 17.7 Å². The number of carbonyl (C=O) groups excluding carboxylic acids is 1. The van der Waals surface area contributed by atoms with E-state index in [0.717, 1.165) is 51.3 Å². The number of hydrogen-bond acceptors (Lipinski definition) is 3. The molecule has 0 radical (unpaired) electrons. The van der Waals surface area contributed by atoms with Gasteiger partial charge in [0.05, 0.1) is 12.2 Å². The summed E-state index contributed by atoms with van der Waals surface area (Å²) in [5.41, 5.74) is 3.77. The summed E-state index contributed by atoms with van der Waals surface area (Å²) in [5, 5.41) is 7.98. The lowest BCUT2D eigenvalue weighted by molar-refractivity contribution is -0.132. The molecule has 1 atom stereocenters. The van der Waals surface area contributed by atoms with E-state index in [0.29, 0.717) is 18.2 Å². The highest BCUT2D eigenvalue weighted by molar-refractivity contribution is 5.76. The highest BCUT2D eigenvalue weighted by atomic mass is 16.2. The van der Waals surface area contributed by atoms with Crippen LogP contribution in [0, 0.1) is 19.8 Å². The van der Waals surface area contributed by atoms with Gasteiger partial charge in [0, 0.05) is 38.3 Å². The molecule has 1 aliphatic rings. The Kier molecular flexibility index (Phi) is 6.63. The van der Waals surface area contributed by atoms with Crippen LogP contribution in [0.25, 0.3) is 0 Å². The van der Waals surface area contributed by atoms with E-state index < -0.39 is 0 Å². The van der Waals surface area contributed by atoms with Gasteiger partial charge in [-0.05, 0) is 44.6 Å². The van der Waals surface area contributed by atoms with Crippen molar-refractivity contribution < 1.29 is 4.79 Å². The summed E-state index contributed by atoms with van der Waals surface area (Å²) in [5.74, 6) is 0.947. The molecular weight excluding hydrogens is 288 g/mol. The molecule has 5 heteroatoms. The zero-order chi connectivity index (χ0) is 16.8. The third-order valence-electron chi connectivity index (χ3n) is 4.91. The molecule has 1 amide bonds. The van der Waals surface area contributed by atoms with E-state index >= 15 is 0 Å². The molecule has 130 valence electrons. The van der Waals surface area contributed by atoms with Crippen molar-refractivity contribution in [2.75, 3.05) is 26.2 Å². The number of likely N-dealkylation sites (tertiary alicyclic amines) is 1. The average molecular weight is 320 g/mol. The second-order valence-electron chi connectivity index (χ2n) is 6.81. The predicted octanol–water partition coefficient (Wildman–Crippen LogP) is 2.30. The summed E-state index contributed by atoms with van der Waals surface area (Å²) in [6, 6.07) is 0. The lowest BCUT2D eigenvalue weighted by Crippen LogP contribution is -2.40. The zero-order valence-corrected chi connectivity index (χ0v) is 15.2. The fraction of sp³-hybridized carbons (Fsp3) is 0.778. The molecule has 0 saturated carbocycles. The van der Waals surface area contributed by atoms with E-state index in [9.17, 15) is 4.79 Å². The van der Waals surface area contributed by atoms with Crippen molar-refractivity contribution in [1.82, 2.24) is 20.0 Å². The van der Waals surface area contributed by atoms with Crippen LogP contribution in [0.2, 0.25) is 0 Å². The fourth-order valence-electron chi connectivity index (χ4n) is 3.54. The van der Waals surface area contributed by atoms with E-state index in [2.05, 4.69) is 42.8 Å². The summed E-state index contributed by atoms with van der Waals surface area (Å²) in [6.07, 6.45) is 4.04. The van der Waals surface area contributed by atoms with Gasteiger partial charge >= 0.3 is 0 Å². The summed E-state index contributed by atoms with van der Waals surface area (Å²) in [6.45, 7) is 13.0. The maximum Gasteiger partial charge on any atom is 0.223 e. The summed E-state index contributed by atoms with van der Waals surface area (Å²) in [4.78, 5) is 14.2. The van der Waals surface area contributed by atoms with Gasteiger partial charge in [0.15, 0.2) is 0 Å². The van der Waals surface area contributed by atoms with E-state index in [1.54, 1.807) is 0 Å². The number of aromatic nitrogens is 2. The maximum atomic E-state index is 12.2. The Morgan fingerprint density at radius 2 is 2.13 bits per heavy atom. The number of nitrogens with one attached hydrogen (secondary N) is 1. The van der Waals surface area contributed by atoms with Gasteiger partial charge in [0.2, 0.25) is 5.91 Å². The second kappa shape index (κ2) is 8.48. The Labute approximate surface area is 140 Å². The Morgan fingerprint density at radius 3 is 2.78 bits per heavy atom. The van der Waals surface area contributed by atoms with Gasteiger partial charge in [0.1, 0.15) is 0 Å². The second-order valence-corrected chi connectivity index (χ2v) is 6.81. The molecule has 0 aliphatic carbocycles. The van der Waals surface area contributed by atoms with Gasteiger partial charge in [-0.15, -0.1) is 0 Å². The van der Waals surface area contributed by atoms with Gasteiger partial charge in [-0.2, -0.15) is 5.10 Å². The van der Waals surface area contributed by atoms with Crippen LogP contribution in [0.3, 0.4) is 0 Å². The summed E-state index contributed by atoms with van der Waals surface area (Å²) >= 11 is 0. The van der Waals surface area contributed by atoms with Gasteiger partial charge in [0.25, 0.3) is 0 Å². The number of aryl methyl sites for hydroxylation is 1. The number of piperidine rings is 1. The van der Waals surface area contributed by atoms with Crippen molar-refractivity contribution in [3.05, 3.63) is 17.0 Å². The van der Waals surface area contributed by atoms with Crippen molar-refractivity contribution in [2.45, 2.75) is 59.9 Å². The lowest BCUT2D eigenvalue weighted by Gasteiger charge is -2.31. The minimum atomic E-state index is 0.295. The molecule has 2 heterocycles. The van der Waals surface area contributed by atoms with Crippen molar-refractivity contribution in [2.24, 2.45) is 5.92 Å². The maximum absolute atomic E-state index is 12.2. The third kappa shape index (κ3) is 4.80. The largest absolute Gasteiger partial charge is 0.342 e. The van der Waals surface area contributed by atoms with Crippen LogP contribution in [0.15, 0.2) is 0 Å². The van der Waals surface area contributed by atoms with Crippen LogP contribution in [0.5, 0.6) is 0 Å². The molecule has 1 N–H and O–H groups in total. The monoisotopic (exact) mass is 320 g/mol. The van der Waals surface area contributed by atoms with Gasteiger partial charge in [-0.25, -0.2) is 0 Å². The molecule has 0 bridgehead atoms. The van der Waals surface area contributed by atoms with E-state index in [-0.39, 0.29) is 0 Å². The standard InChI is InChI=1S/C18H32N4O/c1-5-17-15(3)20-22(16(17)4)12-10-19-9-8-18(23)21-11-6-7-14(2)13-21/h14,19H,5-13H2,1-4H3. The van der Waals surface area contributed by atoms with Gasteiger partial charge in [-0.1, -0.05) is 13.8 Å². The third-order valence-corrected chi connectivity index (χ3v) is 4.91. The number of hydrogen-bond donors (Lipinski definition) is 1. The number of nitrogens with zero attached hydrogens (tertiary/aromatic N) is 3. The van der Waals surface area contributed by atoms with Crippen LogP contribution >= 0.6 is 0 Å². The zero-order valence-electron chi connectivity index (χ0n) is 15.2. The quantitative estimate of drug-likeness (QED) is 0.784. The Balaban J connectivity index is 1.67. The minimum absolute atomic E-state index is 0.295. The SMILES string of the molecule is CCc1c(C)nn(CCNCCC(=O)N2CCCC(C)C2)c1C. The fourth-order valence-corrected chi connectivity index (χ4v) is 3.54.